The Bertz CT molecular complexity index is 1130. The predicted molar refractivity (Wildman–Crippen MR) is 118 cm³/mol. The smallest absolute Gasteiger partial charge is 0.266 e. The van der Waals surface area contributed by atoms with Gasteiger partial charge in [-0.25, -0.2) is 9.96 Å². The number of aromatic hydroxyl groups is 1. The normalized spacial score (nSPS) is 22.3. The number of hydrogen-bond donors (Lipinski definition) is 1. The van der Waals surface area contributed by atoms with E-state index < -0.39 is 24.0 Å². The van der Waals surface area contributed by atoms with Crippen LogP contribution in [0.2, 0.25) is 0 Å². The van der Waals surface area contributed by atoms with Crippen LogP contribution in [0, 0.1) is 5.92 Å². The quantitative estimate of drug-likeness (QED) is 0.620. The lowest BCUT2D eigenvalue weighted by atomic mass is 9.90. The molecule has 0 aromatic heterocycles. The number of ether oxygens (including phenoxy) is 1. The largest absolute Gasteiger partial charge is 0.508 e. The maximum absolute atomic E-state index is 13.6. The maximum atomic E-state index is 13.6. The van der Waals surface area contributed by atoms with Crippen LogP contribution in [0.4, 0.5) is 11.4 Å². The summed E-state index contributed by atoms with van der Waals surface area (Å²) in [4.78, 5) is 34.1. The number of fused-ring (bicyclic) bond motifs is 1. The van der Waals surface area contributed by atoms with Crippen molar-refractivity contribution < 1.29 is 24.3 Å². The average molecular weight is 430 g/mol. The zero-order valence-electron chi connectivity index (χ0n) is 17.4. The van der Waals surface area contributed by atoms with Gasteiger partial charge in [0.2, 0.25) is 5.91 Å². The molecule has 2 fully saturated rings. The number of anilines is 2. The lowest BCUT2D eigenvalue weighted by Crippen LogP contribution is -2.37. The van der Waals surface area contributed by atoms with Crippen LogP contribution < -0.4 is 14.7 Å². The number of benzene rings is 3. The Hall–Kier alpha value is -3.84. The van der Waals surface area contributed by atoms with E-state index in [0.29, 0.717) is 18.0 Å². The number of hydroxylamine groups is 1. The zero-order valence-corrected chi connectivity index (χ0v) is 17.4. The second-order valence-electron chi connectivity index (χ2n) is 7.69. The fraction of sp³-hybridized carbons (Fsp3) is 0.200. The molecule has 3 aromatic rings. The number of carbonyl (C=O) groups excluding carboxylic acids is 2. The number of nitrogens with zero attached hydrogens (tertiary/aromatic N) is 2. The Morgan fingerprint density at radius 3 is 2.22 bits per heavy atom. The summed E-state index contributed by atoms with van der Waals surface area (Å²) >= 11 is 0. The Morgan fingerprint density at radius 1 is 0.875 bits per heavy atom. The molecule has 2 saturated heterocycles. The van der Waals surface area contributed by atoms with E-state index in [0.717, 1.165) is 11.3 Å². The Labute approximate surface area is 185 Å². The topological polar surface area (TPSA) is 79.3 Å². The highest BCUT2D eigenvalue weighted by molar-refractivity contribution is 6.23. The van der Waals surface area contributed by atoms with Gasteiger partial charge < -0.3 is 9.84 Å². The van der Waals surface area contributed by atoms with Gasteiger partial charge in [-0.3, -0.25) is 14.4 Å². The van der Waals surface area contributed by atoms with Crippen LogP contribution >= 0.6 is 0 Å². The van der Waals surface area contributed by atoms with Crippen molar-refractivity contribution in [3.63, 3.8) is 0 Å². The highest BCUT2D eigenvalue weighted by Gasteiger charge is 2.60. The maximum Gasteiger partial charge on any atom is 0.266 e. The first kappa shape index (κ1) is 20.1. The highest BCUT2D eigenvalue weighted by Crippen LogP contribution is 2.47. The van der Waals surface area contributed by atoms with Crippen LogP contribution in [0.25, 0.3) is 0 Å². The van der Waals surface area contributed by atoms with Crippen LogP contribution in [-0.4, -0.2) is 29.6 Å². The molecule has 0 saturated carbocycles. The molecule has 7 heteroatoms. The SMILES string of the molecule is CCOc1ccc(N2C(=O)[C@@H]3[C@H](ON(c4ccccc4)[C@@H]3c3ccc(O)cc3)C2=O)cc1. The summed E-state index contributed by atoms with van der Waals surface area (Å²) < 4.78 is 5.46. The summed E-state index contributed by atoms with van der Waals surface area (Å²) in [6.07, 6.45) is -0.937. The van der Waals surface area contributed by atoms with Crippen molar-refractivity contribution in [2.24, 2.45) is 5.92 Å². The second-order valence-corrected chi connectivity index (χ2v) is 7.69. The van der Waals surface area contributed by atoms with E-state index in [2.05, 4.69) is 0 Å². The lowest BCUT2D eigenvalue weighted by Gasteiger charge is -2.28. The minimum absolute atomic E-state index is 0.125. The van der Waals surface area contributed by atoms with E-state index in [-0.39, 0.29) is 11.7 Å². The third-order valence-corrected chi connectivity index (χ3v) is 5.77. The van der Waals surface area contributed by atoms with E-state index in [1.54, 1.807) is 53.6 Å². The van der Waals surface area contributed by atoms with E-state index >= 15 is 0 Å². The molecule has 0 radical (unpaired) electrons. The van der Waals surface area contributed by atoms with Gasteiger partial charge in [0.15, 0.2) is 6.10 Å². The molecule has 5 rings (SSSR count). The summed E-state index contributed by atoms with van der Waals surface area (Å²) in [7, 11) is 0. The molecular weight excluding hydrogens is 408 g/mol. The molecule has 162 valence electrons. The van der Waals surface area contributed by atoms with Gasteiger partial charge in [-0.05, 0) is 61.0 Å². The monoisotopic (exact) mass is 430 g/mol. The number of imide groups is 1. The van der Waals surface area contributed by atoms with Crippen LogP contribution in [0.5, 0.6) is 11.5 Å². The van der Waals surface area contributed by atoms with E-state index in [9.17, 15) is 14.7 Å². The van der Waals surface area contributed by atoms with Crippen LogP contribution in [-0.2, 0) is 14.4 Å². The van der Waals surface area contributed by atoms with Crippen molar-refractivity contribution in [1.29, 1.82) is 0 Å². The number of rotatable bonds is 5. The highest BCUT2D eigenvalue weighted by atomic mass is 16.7. The van der Waals surface area contributed by atoms with Gasteiger partial charge in [0.1, 0.15) is 17.4 Å². The molecule has 2 aliphatic heterocycles. The molecule has 0 aliphatic carbocycles. The fourth-order valence-corrected chi connectivity index (χ4v) is 4.34. The Balaban J connectivity index is 1.53. The average Bonchev–Trinajstić information content (AvgIpc) is 3.32. The number of hydrogen-bond acceptors (Lipinski definition) is 6. The Morgan fingerprint density at radius 2 is 1.56 bits per heavy atom. The summed E-state index contributed by atoms with van der Waals surface area (Å²) in [5.41, 5.74) is 2.00. The number of para-hydroxylation sites is 1. The molecule has 1 N–H and O–H groups in total. The fourth-order valence-electron chi connectivity index (χ4n) is 4.34. The van der Waals surface area contributed by atoms with Crippen molar-refractivity contribution >= 4 is 23.2 Å². The molecule has 3 aromatic carbocycles. The zero-order chi connectivity index (χ0) is 22.2. The van der Waals surface area contributed by atoms with Crippen molar-refractivity contribution in [3.05, 3.63) is 84.4 Å². The third kappa shape index (κ3) is 3.27. The van der Waals surface area contributed by atoms with Crippen molar-refractivity contribution in [2.45, 2.75) is 19.1 Å². The van der Waals surface area contributed by atoms with Crippen molar-refractivity contribution in [2.75, 3.05) is 16.6 Å². The van der Waals surface area contributed by atoms with E-state index in [1.807, 2.05) is 37.3 Å². The molecule has 3 atom stereocenters. The van der Waals surface area contributed by atoms with Gasteiger partial charge in [-0.1, -0.05) is 30.3 Å². The second kappa shape index (κ2) is 8.01. The number of carbonyl (C=O) groups is 2. The molecule has 0 spiro atoms. The molecule has 0 unspecified atom stereocenters. The summed E-state index contributed by atoms with van der Waals surface area (Å²) in [5.74, 6) is -0.643. The number of amides is 2. The van der Waals surface area contributed by atoms with Gasteiger partial charge in [0.05, 0.1) is 24.0 Å². The first-order chi connectivity index (χ1) is 15.6. The molecule has 7 nitrogen and oxygen atoms in total. The lowest BCUT2D eigenvalue weighted by molar-refractivity contribution is -0.126. The van der Waals surface area contributed by atoms with Crippen molar-refractivity contribution in [3.8, 4) is 11.5 Å². The summed E-state index contributed by atoms with van der Waals surface area (Å²) in [5, 5.41) is 11.4. The van der Waals surface area contributed by atoms with Gasteiger partial charge in [-0.2, -0.15) is 0 Å². The molecule has 0 bridgehead atoms. The molecule has 32 heavy (non-hydrogen) atoms. The first-order valence-corrected chi connectivity index (χ1v) is 10.5. The van der Waals surface area contributed by atoms with E-state index in [4.69, 9.17) is 9.57 Å². The molecule has 2 amide bonds. The molecular formula is C25H22N2O5. The standard InChI is InChI=1S/C25H22N2O5/c1-2-31-20-14-10-17(11-15-20)26-24(29)21-22(16-8-12-19(28)13-9-16)27(32-23(21)25(26)30)18-6-4-3-5-7-18/h3-15,21-23,28H,2H2,1H3/t21-,22+,23-/m0/s1. The van der Waals surface area contributed by atoms with Gasteiger partial charge >= 0.3 is 0 Å². The molecule has 2 aliphatic rings. The van der Waals surface area contributed by atoms with Crippen LogP contribution in [0.1, 0.15) is 18.5 Å². The summed E-state index contributed by atoms with van der Waals surface area (Å²) in [6, 6.07) is 22.4. The minimum atomic E-state index is -0.937. The van der Waals surface area contributed by atoms with Crippen LogP contribution in [0.3, 0.4) is 0 Å². The van der Waals surface area contributed by atoms with E-state index in [1.165, 1.54) is 4.90 Å². The van der Waals surface area contributed by atoms with Gasteiger partial charge in [0.25, 0.3) is 5.91 Å². The third-order valence-electron chi connectivity index (χ3n) is 5.77. The Kier molecular flexibility index (Phi) is 5.03. The predicted octanol–water partition coefficient (Wildman–Crippen LogP) is 3.84. The number of phenols is 1. The minimum Gasteiger partial charge on any atom is -0.508 e. The first-order valence-electron chi connectivity index (χ1n) is 10.5. The molecule has 2 heterocycles. The summed E-state index contributed by atoms with van der Waals surface area (Å²) in [6.45, 7) is 2.42. The van der Waals surface area contributed by atoms with Crippen molar-refractivity contribution in [1.82, 2.24) is 0 Å². The van der Waals surface area contributed by atoms with Crippen LogP contribution in [0.15, 0.2) is 78.9 Å². The van der Waals surface area contributed by atoms with Gasteiger partial charge in [-0.15, -0.1) is 0 Å². The van der Waals surface area contributed by atoms with Gasteiger partial charge in [0, 0.05) is 0 Å². The number of phenolic OH excluding ortho intramolecular Hbond substituents is 1.